The van der Waals surface area contributed by atoms with E-state index >= 15 is 0 Å². The van der Waals surface area contributed by atoms with Crippen LogP contribution in [0.1, 0.15) is 26.2 Å². The number of hydrogen-bond donors (Lipinski definition) is 1. The van der Waals surface area contributed by atoms with E-state index < -0.39 is 11.8 Å². The maximum atomic E-state index is 13.3. The van der Waals surface area contributed by atoms with E-state index in [9.17, 15) is 13.6 Å². The number of nitrogens with zero attached hydrogens (tertiary/aromatic N) is 1. The molecule has 0 aromatic heterocycles. The number of carbonyl (C=O) groups is 1. The second kappa shape index (κ2) is 4.88. The largest absolute Gasteiger partial charge is 0.342 e. The molecule has 2 saturated heterocycles. The van der Waals surface area contributed by atoms with Gasteiger partial charge in [-0.3, -0.25) is 4.79 Å². The van der Waals surface area contributed by atoms with Crippen molar-refractivity contribution in [1.82, 2.24) is 10.2 Å². The fourth-order valence-corrected chi connectivity index (χ4v) is 2.71. The Hall–Kier alpha value is -0.710. The molecule has 0 aliphatic carbocycles. The highest BCUT2D eigenvalue weighted by Gasteiger charge is 2.39. The lowest BCUT2D eigenvalue weighted by Crippen LogP contribution is -2.47. The molecule has 5 heteroatoms. The van der Waals surface area contributed by atoms with Crippen molar-refractivity contribution in [2.75, 3.05) is 26.2 Å². The summed E-state index contributed by atoms with van der Waals surface area (Å²) in [4.78, 5) is 13.8. The van der Waals surface area contributed by atoms with Crippen LogP contribution >= 0.6 is 0 Å². The fraction of sp³-hybridized carbons (Fsp3) is 0.917. The van der Waals surface area contributed by atoms with E-state index in [1.807, 2.05) is 0 Å². The van der Waals surface area contributed by atoms with Crippen molar-refractivity contribution in [2.24, 2.45) is 11.8 Å². The van der Waals surface area contributed by atoms with Gasteiger partial charge in [-0.2, -0.15) is 0 Å². The number of nitrogens with one attached hydrogen (secondary N) is 1. The lowest BCUT2D eigenvalue weighted by atomic mass is 9.91. The maximum Gasteiger partial charge on any atom is 0.249 e. The molecule has 17 heavy (non-hydrogen) atoms. The molecular formula is C12H20F2N2O. The molecule has 2 aliphatic rings. The summed E-state index contributed by atoms with van der Waals surface area (Å²) in [5.74, 6) is -3.29. The van der Waals surface area contributed by atoms with Crippen LogP contribution in [0.2, 0.25) is 0 Å². The molecule has 1 N–H and O–H groups in total. The minimum Gasteiger partial charge on any atom is -0.342 e. The van der Waals surface area contributed by atoms with E-state index in [1.165, 1.54) is 0 Å². The van der Waals surface area contributed by atoms with Gasteiger partial charge in [-0.05, 0) is 32.7 Å². The Kier molecular flexibility index (Phi) is 3.66. The minimum atomic E-state index is -2.67. The van der Waals surface area contributed by atoms with Gasteiger partial charge in [0.2, 0.25) is 11.8 Å². The zero-order valence-corrected chi connectivity index (χ0v) is 10.2. The molecule has 2 aliphatic heterocycles. The molecule has 2 atom stereocenters. The Morgan fingerprint density at radius 1 is 1.41 bits per heavy atom. The van der Waals surface area contributed by atoms with E-state index in [-0.39, 0.29) is 18.4 Å². The molecule has 1 amide bonds. The molecule has 2 heterocycles. The van der Waals surface area contributed by atoms with Gasteiger partial charge in [0.25, 0.3) is 0 Å². The number of hydrogen-bond acceptors (Lipinski definition) is 2. The van der Waals surface area contributed by atoms with Gasteiger partial charge in [0.05, 0.1) is 5.92 Å². The molecule has 0 spiro atoms. The molecular weight excluding hydrogens is 226 g/mol. The predicted molar refractivity (Wildman–Crippen MR) is 60.9 cm³/mol. The molecule has 3 nitrogen and oxygen atoms in total. The van der Waals surface area contributed by atoms with Crippen molar-refractivity contribution in [2.45, 2.75) is 32.1 Å². The summed E-state index contributed by atoms with van der Waals surface area (Å²) in [6, 6.07) is 0. The monoisotopic (exact) mass is 246 g/mol. The van der Waals surface area contributed by atoms with Gasteiger partial charge >= 0.3 is 0 Å². The Labute approximate surface area is 101 Å². The van der Waals surface area contributed by atoms with Crippen molar-refractivity contribution in [3.8, 4) is 0 Å². The molecule has 2 fully saturated rings. The molecule has 98 valence electrons. The van der Waals surface area contributed by atoms with Crippen LogP contribution in [-0.2, 0) is 4.79 Å². The Bertz CT molecular complexity index is 285. The van der Waals surface area contributed by atoms with Crippen LogP contribution in [0.3, 0.4) is 0 Å². The van der Waals surface area contributed by atoms with Crippen molar-refractivity contribution in [1.29, 1.82) is 0 Å². The third-order valence-corrected chi connectivity index (χ3v) is 3.86. The van der Waals surface area contributed by atoms with E-state index in [2.05, 4.69) is 5.32 Å². The summed E-state index contributed by atoms with van der Waals surface area (Å²) in [6.07, 6.45) is 2.05. The van der Waals surface area contributed by atoms with Crippen molar-refractivity contribution in [3.63, 3.8) is 0 Å². The minimum absolute atomic E-state index is 0.000714. The van der Waals surface area contributed by atoms with Crippen LogP contribution in [-0.4, -0.2) is 42.9 Å². The normalized spacial score (nSPS) is 30.6. The smallest absolute Gasteiger partial charge is 0.249 e. The highest BCUT2D eigenvalue weighted by atomic mass is 19.3. The van der Waals surface area contributed by atoms with Gasteiger partial charge in [-0.25, -0.2) is 8.78 Å². The number of carbonyl (C=O) groups excluding carboxylic acids is 1. The van der Waals surface area contributed by atoms with Crippen molar-refractivity contribution in [3.05, 3.63) is 0 Å². The first-order valence-corrected chi connectivity index (χ1v) is 6.36. The average molecular weight is 246 g/mol. The van der Waals surface area contributed by atoms with Gasteiger partial charge < -0.3 is 10.2 Å². The van der Waals surface area contributed by atoms with Crippen LogP contribution in [0, 0.1) is 11.8 Å². The molecule has 0 radical (unpaired) electrons. The van der Waals surface area contributed by atoms with Gasteiger partial charge in [0.15, 0.2) is 0 Å². The Morgan fingerprint density at radius 3 is 2.76 bits per heavy atom. The first-order valence-electron chi connectivity index (χ1n) is 6.36. The van der Waals surface area contributed by atoms with Crippen LogP contribution in [0.15, 0.2) is 0 Å². The Balaban J connectivity index is 1.94. The summed E-state index contributed by atoms with van der Waals surface area (Å²) < 4.78 is 26.5. The third kappa shape index (κ3) is 2.94. The predicted octanol–water partition coefficient (Wildman–Crippen LogP) is 1.49. The molecule has 0 saturated carbocycles. The zero-order chi connectivity index (χ0) is 12.5. The van der Waals surface area contributed by atoms with Gasteiger partial charge in [-0.1, -0.05) is 0 Å². The van der Waals surface area contributed by atoms with Gasteiger partial charge in [0.1, 0.15) is 0 Å². The maximum absolute atomic E-state index is 13.3. The first kappa shape index (κ1) is 12.7. The van der Waals surface area contributed by atoms with E-state index in [1.54, 1.807) is 4.90 Å². The van der Waals surface area contributed by atoms with Crippen LogP contribution in [0.5, 0.6) is 0 Å². The van der Waals surface area contributed by atoms with E-state index in [4.69, 9.17) is 0 Å². The fourth-order valence-electron chi connectivity index (χ4n) is 2.71. The second-order valence-electron chi connectivity index (χ2n) is 5.27. The quantitative estimate of drug-likeness (QED) is 0.800. The Morgan fingerprint density at radius 2 is 2.18 bits per heavy atom. The topological polar surface area (TPSA) is 32.3 Å². The molecule has 0 aromatic carbocycles. The average Bonchev–Trinajstić information content (AvgIpc) is 2.80. The SMILES string of the molecule is CC(F)(F)[C@@H]1CCCN(C(=O)[C@@H]2CCNC2)C1. The number of likely N-dealkylation sites (tertiary alicyclic amines) is 1. The summed E-state index contributed by atoms with van der Waals surface area (Å²) in [6.45, 7) is 3.38. The lowest BCUT2D eigenvalue weighted by Gasteiger charge is -2.36. The number of piperidine rings is 1. The standard InChI is InChI=1S/C12H20F2N2O/c1-12(13,14)10-3-2-6-16(8-10)11(17)9-4-5-15-7-9/h9-10,15H,2-8H2,1H3/t9-,10-/m1/s1. The van der Waals surface area contributed by atoms with Gasteiger partial charge in [0, 0.05) is 25.6 Å². The van der Waals surface area contributed by atoms with Crippen LogP contribution in [0.25, 0.3) is 0 Å². The third-order valence-electron chi connectivity index (χ3n) is 3.86. The summed E-state index contributed by atoms with van der Waals surface area (Å²) >= 11 is 0. The second-order valence-corrected chi connectivity index (χ2v) is 5.27. The summed E-state index contributed by atoms with van der Waals surface area (Å²) in [7, 11) is 0. The van der Waals surface area contributed by atoms with Crippen molar-refractivity contribution >= 4 is 5.91 Å². The summed E-state index contributed by atoms with van der Waals surface area (Å²) in [5.41, 5.74) is 0. The highest BCUT2D eigenvalue weighted by Crippen LogP contribution is 2.32. The van der Waals surface area contributed by atoms with E-state index in [0.717, 1.165) is 19.9 Å². The van der Waals surface area contributed by atoms with Crippen LogP contribution in [0.4, 0.5) is 8.78 Å². The molecule has 0 bridgehead atoms. The zero-order valence-electron chi connectivity index (χ0n) is 10.2. The highest BCUT2D eigenvalue weighted by molar-refractivity contribution is 5.79. The number of halogens is 2. The van der Waals surface area contributed by atoms with E-state index in [0.29, 0.717) is 25.9 Å². The number of alkyl halides is 2. The van der Waals surface area contributed by atoms with Crippen molar-refractivity contribution < 1.29 is 13.6 Å². The van der Waals surface area contributed by atoms with Crippen LogP contribution < -0.4 is 5.32 Å². The lowest BCUT2D eigenvalue weighted by molar-refractivity contribution is -0.140. The summed E-state index contributed by atoms with van der Waals surface area (Å²) in [5, 5.41) is 3.14. The molecule has 0 unspecified atom stereocenters. The van der Waals surface area contributed by atoms with Gasteiger partial charge in [-0.15, -0.1) is 0 Å². The number of rotatable bonds is 2. The number of amides is 1. The first-order chi connectivity index (χ1) is 7.98. The molecule has 0 aromatic rings. The molecule has 2 rings (SSSR count).